The number of nitrogens with one attached hydrogen (secondary N) is 1. The lowest BCUT2D eigenvalue weighted by molar-refractivity contribution is -0.115. The number of amides is 1. The first-order chi connectivity index (χ1) is 12.3. The molecule has 2 fully saturated rings. The topological polar surface area (TPSA) is 72.2 Å². The molecular weight excluding hydrogens is 334 g/mol. The van der Waals surface area contributed by atoms with Crippen molar-refractivity contribution in [2.24, 2.45) is 4.99 Å². The maximum absolute atomic E-state index is 12.3. The van der Waals surface area contributed by atoms with Gasteiger partial charge in [0.1, 0.15) is 12.7 Å². The van der Waals surface area contributed by atoms with E-state index in [1.54, 1.807) is 11.0 Å². The van der Waals surface area contributed by atoms with Gasteiger partial charge in [-0.05, 0) is 36.7 Å². The fourth-order valence-corrected chi connectivity index (χ4v) is 4.04. The number of carbonyl (C=O) groups excluding carboxylic acids is 1. The van der Waals surface area contributed by atoms with E-state index in [9.17, 15) is 4.79 Å². The normalized spacial score (nSPS) is 21.8. The van der Waals surface area contributed by atoms with Crippen LogP contribution >= 0.6 is 11.8 Å². The summed E-state index contributed by atoms with van der Waals surface area (Å²) in [6, 6.07) is 8.15. The Labute approximate surface area is 150 Å². The summed E-state index contributed by atoms with van der Waals surface area (Å²) in [5.41, 5.74) is 1.81. The van der Waals surface area contributed by atoms with E-state index in [0.717, 1.165) is 29.3 Å². The number of aromatic nitrogens is 3. The molecule has 1 aliphatic carbocycles. The highest BCUT2D eigenvalue weighted by Crippen LogP contribution is 2.29. The van der Waals surface area contributed by atoms with Crippen LogP contribution in [0.15, 0.2) is 46.8 Å². The number of hydrogen-bond donors (Lipinski definition) is 1. The third kappa shape index (κ3) is 3.66. The van der Waals surface area contributed by atoms with Gasteiger partial charge in [-0.1, -0.05) is 37.5 Å². The van der Waals surface area contributed by atoms with Crippen LogP contribution in [0.4, 0.5) is 0 Å². The highest BCUT2D eigenvalue weighted by Gasteiger charge is 2.25. The monoisotopic (exact) mass is 353 g/mol. The minimum absolute atomic E-state index is 0.0899. The van der Waals surface area contributed by atoms with Crippen LogP contribution in [0.5, 0.6) is 0 Å². The van der Waals surface area contributed by atoms with Gasteiger partial charge in [0.15, 0.2) is 5.17 Å². The molecule has 2 aliphatic rings. The molecule has 2 heterocycles. The molecule has 1 saturated heterocycles. The van der Waals surface area contributed by atoms with Crippen molar-refractivity contribution in [3.05, 3.63) is 47.4 Å². The smallest absolute Gasteiger partial charge is 0.264 e. The van der Waals surface area contributed by atoms with Crippen molar-refractivity contribution in [2.45, 2.75) is 38.1 Å². The number of aliphatic imine (C=N–C) groups is 1. The Bertz CT molecular complexity index is 822. The number of para-hydroxylation sites is 1. The number of amidine groups is 1. The van der Waals surface area contributed by atoms with E-state index >= 15 is 0 Å². The second-order valence-corrected chi connectivity index (χ2v) is 7.22. The maximum atomic E-state index is 12.3. The molecule has 1 aromatic carbocycles. The Morgan fingerprint density at radius 3 is 2.88 bits per heavy atom. The minimum atomic E-state index is -0.0899. The number of hydrogen-bond acceptors (Lipinski definition) is 5. The van der Waals surface area contributed by atoms with E-state index in [2.05, 4.69) is 15.4 Å². The summed E-state index contributed by atoms with van der Waals surface area (Å²) in [5, 5.41) is 7.80. The summed E-state index contributed by atoms with van der Waals surface area (Å²) in [7, 11) is 0. The SMILES string of the molecule is O=C1NC(=NC2CCCCC2)S/C1=C\c1ccccc1-n1cncn1. The second-order valence-electron chi connectivity index (χ2n) is 6.19. The lowest BCUT2D eigenvalue weighted by Gasteiger charge is -2.17. The van der Waals surface area contributed by atoms with Gasteiger partial charge in [-0.25, -0.2) is 9.67 Å². The second kappa shape index (κ2) is 7.23. The Balaban J connectivity index is 1.58. The van der Waals surface area contributed by atoms with Gasteiger partial charge in [0.2, 0.25) is 0 Å². The Morgan fingerprint density at radius 2 is 2.08 bits per heavy atom. The first kappa shape index (κ1) is 16.1. The van der Waals surface area contributed by atoms with E-state index in [-0.39, 0.29) is 5.91 Å². The van der Waals surface area contributed by atoms with Crippen LogP contribution in [0.25, 0.3) is 11.8 Å². The molecule has 0 unspecified atom stereocenters. The first-order valence-corrected chi connectivity index (χ1v) is 9.34. The number of nitrogens with zero attached hydrogens (tertiary/aromatic N) is 4. The molecule has 0 spiro atoms. The number of rotatable bonds is 3. The van der Waals surface area contributed by atoms with Crippen molar-refractivity contribution < 1.29 is 4.79 Å². The molecular formula is C18H19N5OS. The van der Waals surface area contributed by atoms with Crippen LogP contribution in [-0.4, -0.2) is 31.9 Å². The van der Waals surface area contributed by atoms with E-state index in [1.165, 1.54) is 37.4 Å². The summed E-state index contributed by atoms with van der Waals surface area (Å²) in [4.78, 5) is 21.7. The van der Waals surface area contributed by atoms with Gasteiger partial charge >= 0.3 is 0 Å². The molecule has 25 heavy (non-hydrogen) atoms. The van der Waals surface area contributed by atoms with E-state index in [0.29, 0.717) is 10.9 Å². The molecule has 0 radical (unpaired) electrons. The van der Waals surface area contributed by atoms with Gasteiger partial charge in [0, 0.05) is 5.56 Å². The zero-order valence-electron chi connectivity index (χ0n) is 13.8. The molecule has 128 valence electrons. The summed E-state index contributed by atoms with van der Waals surface area (Å²) in [6.45, 7) is 0. The third-order valence-corrected chi connectivity index (χ3v) is 5.34. The first-order valence-electron chi connectivity index (χ1n) is 8.52. The number of carbonyl (C=O) groups is 1. The predicted octanol–water partition coefficient (Wildman–Crippen LogP) is 3.16. The largest absolute Gasteiger partial charge is 0.301 e. The van der Waals surface area contributed by atoms with Crippen LogP contribution in [0.3, 0.4) is 0 Å². The van der Waals surface area contributed by atoms with Crippen LogP contribution in [-0.2, 0) is 4.79 Å². The molecule has 1 aliphatic heterocycles. The van der Waals surface area contributed by atoms with Crippen LogP contribution in [0, 0.1) is 0 Å². The minimum Gasteiger partial charge on any atom is -0.301 e. The molecule has 1 N–H and O–H groups in total. The van der Waals surface area contributed by atoms with E-state index < -0.39 is 0 Å². The average molecular weight is 353 g/mol. The Hall–Kier alpha value is -2.41. The van der Waals surface area contributed by atoms with Gasteiger partial charge in [-0.2, -0.15) is 5.10 Å². The lowest BCUT2D eigenvalue weighted by atomic mass is 9.96. The quantitative estimate of drug-likeness (QED) is 0.861. The summed E-state index contributed by atoms with van der Waals surface area (Å²) < 4.78 is 1.70. The third-order valence-electron chi connectivity index (χ3n) is 4.41. The van der Waals surface area contributed by atoms with E-state index in [1.807, 2.05) is 30.3 Å². The van der Waals surface area contributed by atoms with Gasteiger partial charge in [-0.3, -0.25) is 9.79 Å². The standard InChI is InChI=1S/C18H19N5OS/c24-17-16(25-18(22-17)21-14-7-2-1-3-8-14)10-13-6-4-5-9-15(13)23-12-19-11-20-23/h4-6,9-12,14H,1-3,7-8H2,(H,21,22,24)/b16-10-. The fraction of sp³-hybridized carbons (Fsp3) is 0.333. The van der Waals surface area contributed by atoms with Crippen LogP contribution < -0.4 is 5.32 Å². The number of benzene rings is 1. The van der Waals surface area contributed by atoms with Crippen molar-refractivity contribution >= 4 is 28.9 Å². The van der Waals surface area contributed by atoms with Gasteiger partial charge < -0.3 is 5.32 Å². The van der Waals surface area contributed by atoms with Crippen molar-refractivity contribution in [1.29, 1.82) is 0 Å². The Kier molecular flexibility index (Phi) is 4.65. The molecule has 0 atom stereocenters. The average Bonchev–Trinajstić information content (AvgIpc) is 3.27. The summed E-state index contributed by atoms with van der Waals surface area (Å²) in [6.07, 6.45) is 11.0. The highest BCUT2D eigenvalue weighted by molar-refractivity contribution is 8.18. The van der Waals surface area contributed by atoms with Gasteiger partial charge in [0.25, 0.3) is 5.91 Å². The molecule has 4 rings (SSSR count). The van der Waals surface area contributed by atoms with Crippen molar-refractivity contribution in [3.8, 4) is 5.69 Å². The van der Waals surface area contributed by atoms with Crippen molar-refractivity contribution in [1.82, 2.24) is 20.1 Å². The van der Waals surface area contributed by atoms with Crippen LogP contribution in [0.2, 0.25) is 0 Å². The highest BCUT2D eigenvalue weighted by atomic mass is 32.2. The molecule has 1 amide bonds. The van der Waals surface area contributed by atoms with Crippen molar-refractivity contribution in [2.75, 3.05) is 0 Å². The lowest BCUT2D eigenvalue weighted by Crippen LogP contribution is -2.22. The molecule has 7 heteroatoms. The van der Waals surface area contributed by atoms with E-state index in [4.69, 9.17) is 4.99 Å². The predicted molar refractivity (Wildman–Crippen MR) is 99.4 cm³/mol. The molecule has 2 aromatic rings. The summed E-state index contributed by atoms with van der Waals surface area (Å²) >= 11 is 1.42. The summed E-state index contributed by atoms with van der Waals surface area (Å²) in [5.74, 6) is -0.0899. The fourth-order valence-electron chi connectivity index (χ4n) is 3.16. The van der Waals surface area contributed by atoms with Gasteiger partial charge in [0.05, 0.1) is 16.6 Å². The molecule has 1 aromatic heterocycles. The maximum Gasteiger partial charge on any atom is 0.264 e. The molecule has 0 bridgehead atoms. The van der Waals surface area contributed by atoms with Crippen molar-refractivity contribution in [3.63, 3.8) is 0 Å². The van der Waals surface area contributed by atoms with Gasteiger partial charge in [-0.15, -0.1) is 0 Å². The number of thioether (sulfide) groups is 1. The van der Waals surface area contributed by atoms with Crippen LogP contribution in [0.1, 0.15) is 37.7 Å². The zero-order valence-corrected chi connectivity index (χ0v) is 14.6. The Morgan fingerprint density at radius 1 is 1.24 bits per heavy atom. The zero-order chi connectivity index (χ0) is 17.1. The molecule has 1 saturated carbocycles. The molecule has 6 nitrogen and oxygen atoms in total.